The zero-order chi connectivity index (χ0) is 19.4. The molecule has 2 rings (SSSR count). The number of carbonyl (C=O) groups is 1. The number of amides is 1. The third-order valence-corrected chi connectivity index (χ3v) is 6.61. The fraction of sp³-hybridized carbons (Fsp3) is 0.588. The lowest BCUT2D eigenvalue weighted by atomic mass is 10.3. The molecular formula is C17H26N2O5S2. The van der Waals surface area contributed by atoms with E-state index in [1.54, 1.807) is 36.9 Å². The predicted molar refractivity (Wildman–Crippen MR) is 105 cm³/mol. The van der Waals surface area contributed by atoms with E-state index < -0.39 is 10.0 Å². The highest BCUT2D eigenvalue weighted by Gasteiger charge is 2.25. The normalized spacial score (nSPS) is 13.5. The number of sulfonamides is 1. The summed E-state index contributed by atoms with van der Waals surface area (Å²) in [6.07, 6.45) is 0. The quantitative estimate of drug-likeness (QED) is 0.671. The lowest BCUT2D eigenvalue weighted by molar-refractivity contribution is -0.119. The average molecular weight is 403 g/mol. The summed E-state index contributed by atoms with van der Waals surface area (Å²) in [5.74, 6) is 1.36. The summed E-state index contributed by atoms with van der Waals surface area (Å²) in [6, 6.07) is 4.84. The summed E-state index contributed by atoms with van der Waals surface area (Å²) >= 11 is 1.74. The predicted octanol–water partition coefficient (Wildman–Crippen LogP) is 2.22. The van der Waals surface area contributed by atoms with Crippen LogP contribution in [0.25, 0.3) is 0 Å². The number of carbonyl (C=O) groups excluding carboxylic acids is 1. The summed E-state index contributed by atoms with van der Waals surface area (Å²) in [5.41, 5.74) is 0.385. The highest BCUT2D eigenvalue weighted by atomic mass is 32.2. The summed E-state index contributed by atoms with van der Waals surface area (Å²) in [7, 11) is -3.61. The molecule has 9 heteroatoms. The van der Waals surface area contributed by atoms with E-state index in [4.69, 9.17) is 9.47 Å². The van der Waals surface area contributed by atoms with E-state index in [-0.39, 0.29) is 29.7 Å². The van der Waals surface area contributed by atoms with Crippen LogP contribution >= 0.6 is 11.8 Å². The Bertz CT molecular complexity index is 744. The highest BCUT2D eigenvalue weighted by molar-refractivity contribution is 8.00. The smallest absolute Gasteiger partial charge is 0.240 e. The first-order valence-electron chi connectivity index (χ1n) is 8.43. The number of fused-ring (bicyclic) bond motifs is 1. The summed E-state index contributed by atoms with van der Waals surface area (Å²) in [5, 5.41) is 2.78. The number of benzene rings is 1. The lowest BCUT2D eigenvalue weighted by Gasteiger charge is -2.23. The maximum Gasteiger partial charge on any atom is 0.240 e. The van der Waals surface area contributed by atoms with Crippen molar-refractivity contribution in [3.05, 3.63) is 18.2 Å². The van der Waals surface area contributed by atoms with Crippen molar-refractivity contribution in [1.82, 2.24) is 5.32 Å². The highest BCUT2D eigenvalue weighted by Crippen LogP contribution is 2.36. The van der Waals surface area contributed by atoms with E-state index in [0.29, 0.717) is 23.7 Å². The van der Waals surface area contributed by atoms with E-state index in [1.807, 2.05) is 0 Å². The Labute approximate surface area is 159 Å². The van der Waals surface area contributed by atoms with E-state index >= 15 is 0 Å². The Hall–Kier alpha value is -1.61. The van der Waals surface area contributed by atoms with Crippen LogP contribution in [0.2, 0.25) is 0 Å². The van der Waals surface area contributed by atoms with E-state index in [0.717, 1.165) is 10.1 Å². The lowest BCUT2D eigenvalue weighted by Crippen LogP contribution is -2.42. The van der Waals surface area contributed by atoms with E-state index in [9.17, 15) is 13.2 Å². The van der Waals surface area contributed by atoms with Gasteiger partial charge in [0.15, 0.2) is 11.5 Å². The van der Waals surface area contributed by atoms with Gasteiger partial charge in [-0.05, 0) is 19.1 Å². The van der Waals surface area contributed by atoms with E-state index in [1.165, 1.54) is 0 Å². The van der Waals surface area contributed by atoms with Crippen molar-refractivity contribution in [3.63, 3.8) is 0 Å². The number of nitrogens with zero attached hydrogens (tertiary/aromatic N) is 1. The molecule has 0 bridgehead atoms. The Morgan fingerprint density at radius 3 is 2.62 bits per heavy atom. The van der Waals surface area contributed by atoms with Crippen LogP contribution < -0.4 is 19.1 Å². The summed E-state index contributed by atoms with van der Waals surface area (Å²) in [6.45, 7) is 8.19. The van der Waals surface area contributed by atoms with Crippen molar-refractivity contribution in [2.45, 2.75) is 32.4 Å². The average Bonchev–Trinajstić information content (AvgIpc) is 3.03. The van der Waals surface area contributed by atoms with Crippen molar-refractivity contribution in [3.8, 4) is 11.5 Å². The molecule has 1 amide bonds. The Morgan fingerprint density at radius 2 is 1.96 bits per heavy atom. The monoisotopic (exact) mass is 402 g/mol. The van der Waals surface area contributed by atoms with E-state index in [2.05, 4.69) is 26.1 Å². The minimum absolute atomic E-state index is 0.102. The first-order valence-corrected chi connectivity index (χ1v) is 11.0. The van der Waals surface area contributed by atoms with Crippen LogP contribution in [0.1, 0.15) is 27.7 Å². The van der Waals surface area contributed by atoms with Crippen LogP contribution in [-0.4, -0.2) is 50.5 Å². The molecule has 146 valence electrons. The fourth-order valence-corrected chi connectivity index (χ4v) is 4.16. The zero-order valence-electron chi connectivity index (χ0n) is 15.6. The van der Waals surface area contributed by atoms with Gasteiger partial charge in [0.05, 0.1) is 11.4 Å². The van der Waals surface area contributed by atoms with Gasteiger partial charge in [0, 0.05) is 23.1 Å². The molecule has 0 fully saturated rings. The third-order valence-electron chi connectivity index (χ3n) is 3.59. The molecule has 1 aliphatic heterocycles. The SMILES string of the molecule is CCS(=O)(=O)N(CC(=O)NCCSC(C)(C)C)c1ccc2c(c1)OCO2. The maximum atomic E-state index is 12.5. The molecule has 0 radical (unpaired) electrons. The molecule has 0 saturated heterocycles. The topological polar surface area (TPSA) is 84.9 Å². The standard InChI is InChI=1S/C17H26N2O5S2/c1-5-26(21,22)19(11-16(20)18-8-9-25-17(2,3)4)13-6-7-14-15(10-13)24-12-23-14/h6-7,10H,5,8-9,11-12H2,1-4H3,(H,18,20). The Kier molecular flexibility index (Phi) is 6.68. The number of ether oxygens (including phenoxy) is 2. The second-order valence-electron chi connectivity index (χ2n) is 6.76. The van der Waals surface area contributed by atoms with Crippen LogP contribution in [0.4, 0.5) is 5.69 Å². The molecule has 0 saturated carbocycles. The summed E-state index contributed by atoms with van der Waals surface area (Å²) < 4.78 is 36.7. The van der Waals surface area contributed by atoms with Gasteiger partial charge in [0.25, 0.3) is 0 Å². The first-order chi connectivity index (χ1) is 12.1. The Morgan fingerprint density at radius 1 is 1.27 bits per heavy atom. The molecule has 7 nitrogen and oxygen atoms in total. The number of rotatable bonds is 8. The molecule has 0 aliphatic carbocycles. The van der Waals surface area contributed by atoms with Crippen molar-refractivity contribution >= 4 is 33.4 Å². The third kappa shape index (κ3) is 5.70. The van der Waals surface area contributed by atoms with Crippen molar-refractivity contribution in [2.75, 3.05) is 35.7 Å². The van der Waals surface area contributed by atoms with Crippen molar-refractivity contribution in [2.24, 2.45) is 0 Å². The molecule has 1 aromatic carbocycles. The van der Waals surface area contributed by atoms with Crippen LogP contribution in [-0.2, 0) is 14.8 Å². The van der Waals surface area contributed by atoms with Crippen LogP contribution in [0.15, 0.2) is 18.2 Å². The number of hydrogen-bond donors (Lipinski definition) is 1. The van der Waals surface area contributed by atoms with Gasteiger partial charge in [-0.15, -0.1) is 0 Å². The van der Waals surface area contributed by atoms with Gasteiger partial charge in [0.2, 0.25) is 22.7 Å². The molecule has 26 heavy (non-hydrogen) atoms. The fourth-order valence-electron chi connectivity index (χ4n) is 2.28. The number of thioether (sulfide) groups is 1. The molecule has 0 atom stereocenters. The van der Waals surface area contributed by atoms with Crippen molar-refractivity contribution < 1.29 is 22.7 Å². The maximum absolute atomic E-state index is 12.5. The van der Waals surface area contributed by atoms with Crippen LogP contribution in [0.5, 0.6) is 11.5 Å². The minimum Gasteiger partial charge on any atom is -0.454 e. The molecule has 1 aromatic rings. The van der Waals surface area contributed by atoms with Gasteiger partial charge >= 0.3 is 0 Å². The molecule has 0 aromatic heterocycles. The van der Waals surface area contributed by atoms with Crippen LogP contribution in [0, 0.1) is 0 Å². The van der Waals surface area contributed by atoms with Crippen molar-refractivity contribution in [1.29, 1.82) is 0 Å². The molecular weight excluding hydrogens is 376 g/mol. The number of nitrogens with one attached hydrogen (secondary N) is 1. The number of hydrogen-bond acceptors (Lipinski definition) is 6. The molecule has 0 spiro atoms. The zero-order valence-corrected chi connectivity index (χ0v) is 17.2. The van der Waals surface area contributed by atoms with Gasteiger partial charge in [-0.1, -0.05) is 20.8 Å². The van der Waals surface area contributed by atoms with Gasteiger partial charge in [-0.2, -0.15) is 11.8 Å². The molecule has 1 heterocycles. The van der Waals surface area contributed by atoms with Gasteiger partial charge in [-0.25, -0.2) is 8.42 Å². The molecule has 1 N–H and O–H groups in total. The second-order valence-corrected chi connectivity index (χ2v) is 10.9. The minimum atomic E-state index is -3.61. The first kappa shape index (κ1) is 20.7. The number of anilines is 1. The Balaban J connectivity index is 2.05. The largest absolute Gasteiger partial charge is 0.454 e. The second kappa shape index (κ2) is 8.39. The van der Waals surface area contributed by atoms with Crippen LogP contribution in [0.3, 0.4) is 0 Å². The molecule has 0 unspecified atom stereocenters. The van der Waals surface area contributed by atoms with Gasteiger partial charge < -0.3 is 14.8 Å². The molecule has 1 aliphatic rings. The van der Waals surface area contributed by atoms with Gasteiger partial charge in [0.1, 0.15) is 6.54 Å². The van der Waals surface area contributed by atoms with Gasteiger partial charge in [-0.3, -0.25) is 9.10 Å². The summed E-state index contributed by atoms with van der Waals surface area (Å²) in [4.78, 5) is 12.3.